The summed E-state index contributed by atoms with van der Waals surface area (Å²) in [5.74, 6) is 1.05. The van der Waals surface area contributed by atoms with Crippen LogP contribution in [0.1, 0.15) is 0 Å². The highest BCUT2D eigenvalue weighted by Crippen LogP contribution is 2.33. The summed E-state index contributed by atoms with van der Waals surface area (Å²) >= 11 is 5.44. The Labute approximate surface area is 118 Å². The van der Waals surface area contributed by atoms with Gasteiger partial charge in [0.2, 0.25) is 7.14 Å². The molecule has 0 saturated heterocycles. The van der Waals surface area contributed by atoms with E-state index in [1.165, 1.54) is 6.07 Å². The van der Waals surface area contributed by atoms with Crippen LogP contribution in [0.5, 0.6) is 11.5 Å². The second-order valence-electron chi connectivity index (χ2n) is 3.62. The molecule has 0 amide bonds. The zero-order valence-corrected chi connectivity index (χ0v) is 11.8. The van der Waals surface area contributed by atoms with Gasteiger partial charge >= 0.3 is 26.9 Å². The summed E-state index contributed by atoms with van der Waals surface area (Å²) in [7, 11) is 0. The Bertz CT molecular complexity index is 660. The molecule has 0 fully saturated rings. The Balaban J connectivity index is 2.13. The van der Waals surface area contributed by atoms with Crippen molar-refractivity contribution >= 4 is 17.3 Å². The highest BCUT2D eigenvalue weighted by Gasteiger charge is 2.36. The third-order valence-electron chi connectivity index (χ3n) is 2.45. The second kappa shape index (κ2) is 4.40. The molecule has 4 nitrogen and oxygen atoms in total. The Morgan fingerprint density at radius 2 is 2.06 bits per heavy atom. The van der Waals surface area contributed by atoms with Crippen molar-refractivity contribution in [3.63, 3.8) is 0 Å². The molecule has 90 valence electrons. The van der Waals surface area contributed by atoms with Gasteiger partial charge in [0.15, 0.2) is 5.75 Å². The maximum absolute atomic E-state index is 11.0. The van der Waals surface area contributed by atoms with Gasteiger partial charge in [-0.25, -0.2) is 0 Å². The fourth-order valence-corrected chi connectivity index (χ4v) is 4.72. The van der Waals surface area contributed by atoms with Crippen molar-refractivity contribution in [1.29, 1.82) is 0 Å². The van der Waals surface area contributed by atoms with Gasteiger partial charge in [0.1, 0.15) is 0 Å². The minimum atomic E-state index is -0.498. The number of ether oxygens (including phenoxy) is 1. The van der Waals surface area contributed by atoms with E-state index in [1.54, 1.807) is 18.2 Å². The molecule has 0 radical (unpaired) electrons. The number of hydrogen-bond donors (Lipinski definition) is 0. The van der Waals surface area contributed by atoms with E-state index >= 15 is 0 Å². The molecule has 2 aromatic carbocycles. The number of nitrogens with zero attached hydrogens (tertiary/aromatic N) is 1. The number of benzene rings is 2. The van der Waals surface area contributed by atoms with Gasteiger partial charge in [-0.1, -0.05) is 17.7 Å². The first-order valence-corrected chi connectivity index (χ1v) is 7.58. The minimum absolute atomic E-state index is 0.0211. The number of fused-ring (bicyclic) bond motifs is 2. The number of hydrogen-bond acceptors (Lipinski definition) is 3. The van der Waals surface area contributed by atoms with Gasteiger partial charge in [-0.2, -0.15) is 0 Å². The largest absolute Gasteiger partial charge is 0.441 e. The Morgan fingerprint density at radius 3 is 2.83 bits per heavy atom. The summed E-state index contributed by atoms with van der Waals surface area (Å²) < 4.78 is 7.62. The average Bonchev–Trinajstić information content (AvgIpc) is 2.35. The molecule has 0 bridgehead atoms. The molecule has 18 heavy (non-hydrogen) atoms. The minimum Gasteiger partial charge on any atom is -0.441 e. The van der Waals surface area contributed by atoms with Crippen molar-refractivity contribution in [2.75, 3.05) is 0 Å². The topological polar surface area (TPSA) is 52.4 Å². The fourth-order valence-electron chi connectivity index (χ4n) is 1.67. The first-order chi connectivity index (χ1) is 8.65. The lowest BCUT2D eigenvalue weighted by Crippen LogP contribution is -3.61. The van der Waals surface area contributed by atoms with Gasteiger partial charge in [-0.05, 0) is 18.2 Å². The zero-order chi connectivity index (χ0) is 12.7. The first-order valence-electron chi connectivity index (χ1n) is 5.05. The van der Waals surface area contributed by atoms with Crippen molar-refractivity contribution in [3.8, 4) is 11.5 Å². The van der Waals surface area contributed by atoms with Crippen LogP contribution in [0, 0.1) is 17.3 Å². The van der Waals surface area contributed by atoms with Crippen LogP contribution in [0.4, 0.5) is 5.69 Å². The van der Waals surface area contributed by atoms with E-state index in [9.17, 15) is 10.1 Å². The maximum atomic E-state index is 11.0. The van der Waals surface area contributed by atoms with Crippen LogP contribution in [0.2, 0.25) is 5.02 Å². The molecule has 0 unspecified atom stereocenters. The van der Waals surface area contributed by atoms with Crippen LogP contribution in [0.3, 0.4) is 0 Å². The van der Waals surface area contributed by atoms with Gasteiger partial charge in [0.05, 0.1) is 4.92 Å². The molecular weight excluding hydrogens is 368 g/mol. The van der Waals surface area contributed by atoms with E-state index in [0.29, 0.717) is 16.5 Å². The molecule has 0 N–H and O–H groups in total. The molecule has 2 aromatic rings. The highest BCUT2D eigenvalue weighted by molar-refractivity contribution is 6.30. The first kappa shape index (κ1) is 11.7. The van der Waals surface area contributed by atoms with Crippen molar-refractivity contribution in [2.45, 2.75) is 0 Å². The van der Waals surface area contributed by atoms with Gasteiger partial charge in [0, 0.05) is 17.2 Å². The monoisotopic (exact) mass is 374 g/mol. The summed E-state index contributed by atoms with van der Waals surface area (Å²) in [4.78, 5) is 10.5. The standard InChI is InChI=1S/C12H6ClINO3/c13-7-4-5-11-9(6-7)14-8-2-1-3-10(15(16)17)12(8)18-11/h1-6H/q+1. The number of nitro groups is 1. The number of rotatable bonds is 1. The lowest BCUT2D eigenvalue weighted by molar-refractivity contribution is -0.603. The van der Waals surface area contributed by atoms with Gasteiger partial charge in [-0.3, -0.25) is 10.1 Å². The molecular formula is C12H6ClINO3+. The average molecular weight is 375 g/mol. The molecule has 3 rings (SSSR count). The summed E-state index contributed by atoms with van der Waals surface area (Å²) in [6, 6.07) is 10.4. The van der Waals surface area contributed by atoms with E-state index in [-0.39, 0.29) is 5.69 Å². The maximum Gasteiger partial charge on any atom is 0.366 e. The summed E-state index contributed by atoms with van der Waals surface area (Å²) in [6.07, 6.45) is 0. The summed E-state index contributed by atoms with van der Waals surface area (Å²) in [6.45, 7) is 0. The van der Waals surface area contributed by atoms with E-state index in [1.807, 2.05) is 12.1 Å². The molecule has 0 saturated carbocycles. The summed E-state index contributed by atoms with van der Waals surface area (Å²) in [5.41, 5.74) is 0.0211. The molecule has 1 heterocycles. The SMILES string of the molecule is O=[N+]([O-])c1cccc2c1Oc1ccc(Cl)cc1[I+]2. The molecule has 0 aliphatic carbocycles. The predicted octanol–water partition coefficient (Wildman–Crippen LogP) is 0.482. The van der Waals surface area contributed by atoms with Crippen LogP contribution < -0.4 is 25.9 Å². The van der Waals surface area contributed by atoms with E-state index in [0.717, 1.165) is 7.14 Å². The van der Waals surface area contributed by atoms with E-state index < -0.39 is 26.1 Å². The number of nitro benzene ring substituents is 1. The number of halogens is 2. The quantitative estimate of drug-likeness (QED) is 0.354. The highest BCUT2D eigenvalue weighted by atomic mass is 127. The normalized spacial score (nSPS) is 12.3. The van der Waals surface area contributed by atoms with E-state index in [4.69, 9.17) is 16.3 Å². The third-order valence-corrected chi connectivity index (χ3v) is 5.54. The van der Waals surface area contributed by atoms with Crippen LogP contribution >= 0.6 is 11.6 Å². The lowest BCUT2D eigenvalue weighted by atomic mass is 10.3. The van der Waals surface area contributed by atoms with Crippen LogP contribution in [-0.2, 0) is 0 Å². The van der Waals surface area contributed by atoms with Crippen LogP contribution in [0.15, 0.2) is 36.4 Å². The van der Waals surface area contributed by atoms with Crippen LogP contribution in [0.25, 0.3) is 0 Å². The molecule has 0 aromatic heterocycles. The van der Waals surface area contributed by atoms with Gasteiger partial charge in [-0.15, -0.1) is 0 Å². The molecule has 1 aliphatic rings. The second-order valence-corrected chi connectivity index (χ2v) is 6.92. The third kappa shape index (κ3) is 1.93. The fraction of sp³-hybridized carbons (Fsp3) is 0. The molecule has 6 heteroatoms. The molecule has 0 spiro atoms. The Hall–Kier alpha value is -1.34. The van der Waals surface area contributed by atoms with Crippen molar-refractivity contribution in [1.82, 2.24) is 0 Å². The smallest absolute Gasteiger partial charge is 0.366 e. The van der Waals surface area contributed by atoms with Crippen molar-refractivity contribution < 1.29 is 30.9 Å². The summed E-state index contributed by atoms with van der Waals surface area (Å²) in [5, 5.41) is 11.6. The predicted molar refractivity (Wildman–Crippen MR) is 62.0 cm³/mol. The van der Waals surface area contributed by atoms with E-state index in [2.05, 4.69) is 0 Å². The zero-order valence-electron chi connectivity index (χ0n) is 8.89. The molecule has 1 aliphatic heterocycles. The van der Waals surface area contributed by atoms with Gasteiger partial charge in [0.25, 0.3) is 5.75 Å². The van der Waals surface area contributed by atoms with Crippen molar-refractivity contribution in [2.24, 2.45) is 0 Å². The Kier molecular flexibility index (Phi) is 2.87. The van der Waals surface area contributed by atoms with Crippen LogP contribution in [-0.4, -0.2) is 4.92 Å². The molecule has 0 atom stereocenters. The Morgan fingerprint density at radius 1 is 1.22 bits per heavy atom. The van der Waals surface area contributed by atoms with Gasteiger partial charge < -0.3 is 4.74 Å². The number of para-hydroxylation sites is 1. The van der Waals surface area contributed by atoms with Crippen molar-refractivity contribution in [3.05, 3.63) is 58.7 Å². The lowest BCUT2D eigenvalue weighted by Gasteiger charge is -2.10.